The molecule has 0 aliphatic heterocycles. The van der Waals surface area contributed by atoms with E-state index in [1.54, 1.807) is 12.1 Å². The quantitative estimate of drug-likeness (QED) is 0.806. The van der Waals surface area contributed by atoms with Gasteiger partial charge in [0.15, 0.2) is 5.82 Å². The highest BCUT2D eigenvalue weighted by atomic mass is 16.5. The first-order valence-corrected chi connectivity index (χ1v) is 5.80. The summed E-state index contributed by atoms with van der Waals surface area (Å²) in [6, 6.07) is 5.42. The fourth-order valence-corrected chi connectivity index (χ4v) is 1.97. The lowest BCUT2D eigenvalue weighted by Crippen LogP contribution is -1.92. The zero-order chi connectivity index (χ0) is 12.8. The first-order chi connectivity index (χ1) is 8.60. The van der Waals surface area contributed by atoms with Crippen molar-refractivity contribution in [2.45, 2.75) is 26.2 Å². The molecule has 90 valence electrons. The number of hydrogen-bond acceptors (Lipinski definition) is 5. The average Bonchev–Trinajstić information content (AvgIpc) is 2.80. The second kappa shape index (κ2) is 3.64. The summed E-state index contributed by atoms with van der Waals surface area (Å²) in [7, 11) is 0. The van der Waals surface area contributed by atoms with Crippen LogP contribution < -0.4 is 0 Å². The van der Waals surface area contributed by atoms with Crippen molar-refractivity contribution in [2.75, 3.05) is 0 Å². The third kappa shape index (κ3) is 1.76. The van der Waals surface area contributed by atoms with Gasteiger partial charge in [-0.25, -0.2) is 4.98 Å². The molecule has 2 aromatic rings. The van der Waals surface area contributed by atoms with Gasteiger partial charge in [-0.2, -0.15) is 10.2 Å². The molecule has 2 heterocycles. The molecule has 1 atom stereocenters. The molecule has 1 aliphatic carbocycles. The Bertz CT molecular complexity index is 621. The highest BCUT2D eigenvalue weighted by Crippen LogP contribution is 2.57. The zero-order valence-electron chi connectivity index (χ0n) is 10.2. The molecule has 0 radical (unpaired) electrons. The molecule has 0 N–H and O–H groups in total. The van der Waals surface area contributed by atoms with E-state index in [1.165, 1.54) is 6.20 Å². The van der Waals surface area contributed by atoms with Gasteiger partial charge in [-0.05, 0) is 24.0 Å². The van der Waals surface area contributed by atoms with Crippen LogP contribution in [0, 0.1) is 16.7 Å². The summed E-state index contributed by atoms with van der Waals surface area (Å²) in [4.78, 5) is 8.50. The molecule has 18 heavy (non-hydrogen) atoms. The highest BCUT2D eigenvalue weighted by Gasteiger charge is 2.49. The molecule has 2 aromatic heterocycles. The van der Waals surface area contributed by atoms with Crippen molar-refractivity contribution in [3.05, 3.63) is 29.7 Å². The molecule has 0 saturated heterocycles. The third-order valence-electron chi connectivity index (χ3n) is 3.38. The maximum atomic E-state index is 8.70. The van der Waals surface area contributed by atoms with Gasteiger partial charge in [0.1, 0.15) is 11.8 Å². The number of nitrogens with zero attached hydrogens (tertiary/aromatic N) is 4. The smallest absolute Gasteiger partial charge is 0.276 e. The van der Waals surface area contributed by atoms with Crippen LogP contribution in [0.15, 0.2) is 22.9 Å². The predicted molar refractivity (Wildman–Crippen MR) is 63.4 cm³/mol. The minimum Gasteiger partial charge on any atom is -0.332 e. The Hall–Kier alpha value is -2.22. The molecule has 0 aromatic carbocycles. The Balaban J connectivity index is 1.87. The molecule has 1 fully saturated rings. The second-order valence-corrected chi connectivity index (χ2v) is 5.25. The summed E-state index contributed by atoms with van der Waals surface area (Å²) >= 11 is 0. The van der Waals surface area contributed by atoms with Crippen LogP contribution in [0.2, 0.25) is 0 Å². The maximum absolute atomic E-state index is 8.70. The fraction of sp³-hybridized carbons (Fsp3) is 0.385. The summed E-state index contributed by atoms with van der Waals surface area (Å²) in [5.41, 5.74) is 1.40. The van der Waals surface area contributed by atoms with Gasteiger partial charge in [-0.1, -0.05) is 19.0 Å². The minimum absolute atomic E-state index is 0.277. The van der Waals surface area contributed by atoms with Crippen LogP contribution in [-0.4, -0.2) is 15.1 Å². The molecule has 3 rings (SSSR count). The maximum Gasteiger partial charge on any atom is 0.276 e. The van der Waals surface area contributed by atoms with Crippen LogP contribution in [0.3, 0.4) is 0 Å². The topological polar surface area (TPSA) is 75.6 Å². The van der Waals surface area contributed by atoms with Gasteiger partial charge in [0.2, 0.25) is 0 Å². The SMILES string of the molecule is CC1(C)CC1c1noc(-c2ccc(C#N)cn2)n1. The van der Waals surface area contributed by atoms with Crippen LogP contribution in [-0.2, 0) is 0 Å². The summed E-state index contributed by atoms with van der Waals surface area (Å²) in [5.74, 6) is 1.55. The van der Waals surface area contributed by atoms with E-state index in [2.05, 4.69) is 29.0 Å². The lowest BCUT2D eigenvalue weighted by Gasteiger charge is -1.95. The van der Waals surface area contributed by atoms with E-state index < -0.39 is 0 Å². The molecule has 1 unspecified atom stereocenters. The predicted octanol–water partition coefficient (Wildman–Crippen LogP) is 2.52. The molecule has 5 heteroatoms. The molecule has 0 spiro atoms. The van der Waals surface area contributed by atoms with Gasteiger partial charge in [-0.15, -0.1) is 0 Å². The van der Waals surface area contributed by atoms with E-state index in [4.69, 9.17) is 9.78 Å². The Morgan fingerprint density at radius 3 is 2.78 bits per heavy atom. The molecule has 5 nitrogen and oxygen atoms in total. The summed E-state index contributed by atoms with van der Waals surface area (Å²) in [5, 5.41) is 12.7. The largest absolute Gasteiger partial charge is 0.332 e. The third-order valence-corrected chi connectivity index (χ3v) is 3.38. The first-order valence-electron chi connectivity index (χ1n) is 5.80. The zero-order valence-corrected chi connectivity index (χ0v) is 10.2. The Kier molecular flexibility index (Phi) is 2.20. The van der Waals surface area contributed by atoms with Crippen LogP contribution >= 0.6 is 0 Å². The van der Waals surface area contributed by atoms with Gasteiger partial charge < -0.3 is 4.52 Å². The van der Waals surface area contributed by atoms with E-state index >= 15 is 0 Å². The number of hydrogen-bond donors (Lipinski definition) is 0. The van der Waals surface area contributed by atoms with Gasteiger partial charge in [0.05, 0.1) is 5.56 Å². The van der Waals surface area contributed by atoms with E-state index in [0.29, 0.717) is 23.1 Å². The Morgan fingerprint density at radius 1 is 1.44 bits per heavy atom. The Morgan fingerprint density at radius 2 is 2.22 bits per heavy atom. The lowest BCUT2D eigenvalue weighted by molar-refractivity contribution is 0.418. The van der Waals surface area contributed by atoms with E-state index in [9.17, 15) is 0 Å². The first kappa shape index (κ1) is 10.9. The van der Waals surface area contributed by atoms with E-state index in [0.717, 1.165) is 12.2 Å². The normalized spacial score (nSPS) is 20.4. The molecular formula is C13H12N4O. The standard InChI is InChI=1S/C13H12N4O/c1-13(2)5-9(13)11-16-12(18-17-11)10-4-3-8(6-14)7-15-10/h3-4,7,9H,5H2,1-2H3. The number of pyridine rings is 1. The van der Waals surface area contributed by atoms with Crippen LogP contribution in [0.25, 0.3) is 11.6 Å². The van der Waals surface area contributed by atoms with Gasteiger partial charge in [0, 0.05) is 12.1 Å². The van der Waals surface area contributed by atoms with Gasteiger partial charge in [-0.3, -0.25) is 0 Å². The molecule has 0 amide bonds. The monoisotopic (exact) mass is 240 g/mol. The molecule has 1 saturated carbocycles. The van der Waals surface area contributed by atoms with Crippen molar-refractivity contribution < 1.29 is 4.52 Å². The highest BCUT2D eigenvalue weighted by molar-refractivity contribution is 5.48. The van der Waals surface area contributed by atoms with Crippen molar-refractivity contribution in [2.24, 2.45) is 5.41 Å². The number of aromatic nitrogens is 3. The summed E-state index contributed by atoms with van der Waals surface area (Å²) in [6.45, 7) is 4.38. The van der Waals surface area contributed by atoms with Crippen molar-refractivity contribution in [1.82, 2.24) is 15.1 Å². The van der Waals surface area contributed by atoms with Crippen molar-refractivity contribution in [1.29, 1.82) is 5.26 Å². The van der Waals surface area contributed by atoms with Crippen LogP contribution in [0.5, 0.6) is 0 Å². The van der Waals surface area contributed by atoms with Crippen molar-refractivity contribution >= 4 is 0 Å². The summed E-state index contributed by atoms with van der Waals surface area (Å²) < 4.78 is 5.21. The molecule has 0 bridgehead atoms. The van der Waals surface area contributed by atoms with Crippen LogP contribution in [0.4, 0.5) is 0 Å². The molecule has 1 aliphatic rings. The fourth-order valence-electron chi connectivity index (χ4n) is 1.97. The van der Waals surface area contributed by atoms with Crippen LogP contribution in [0.1, 0.15) is 37.6 Å². The number of rotatable bonds is 2. The van der Waals surface area contributed by atoms with Gasteiger partial charge in [0.25, 0.3) is 5.89 Å². The van der Waals surface area contributed by atoms with Crippen molar-refractivity contribution in [3.63, 3.8) is 0 Å². The summed E-state index contributed by atoms with van der Waals surface area (Å²) in [6.07, 6.45) is 2.59. The second-order valence-electron chi connectivity index (χ2n) is 5.25. The van der Waals surface area contributed by atoms with Gasteiger partial charge >= 0.3 is 0 Å². The molecular weight excluding hydrogens is 228 g/mol. The van der Waals surface area contributed by atoms with E-state index in [-0.39, 0.29) is 5.41 Å². The lowest BCUT2D eigenvalue weighted by atomic mass is 10.1. The average molecular weight is 240 g/mol. The number of nitriles is 1. The Labute approximate surface area is 104 Å². The van der Waals surface area contributed by atoms with Crippen molar-refractivity contribution in [3.8, 4) is 17.7 Å². The minimum atomic E-state index is 0.277. The van der Waals surface area contributed by atoms with E-state index in [1.807, 2.05) is 6.07 Å².